The lowest BCUT2D eigenvalue weighted by Gasteiger charge is -2.21. The Bertz CT molecular complexity index is 1470. The minimum Gasteiger partial charge on any atom is -0.493 e. The summed E-state index contributed by atoms with van der Waals surface area (Å²) in [6.45, 7) is 3.85. The van der Waals surface area contributed by atoms with E-state index in [0.29, 0.717) is 36.8 Å². The molecule has 1 N–H and O–H groups in total. The zero-order valence-electron chi connectivity index (χ0n) is 20.8. The molecule has 0 atom stereocenters. The van der Waals surface area contributed by atoms with E-state index in [-0.39, 0.29) is 4.87 Å². The molecule has 0 bridgehead atoms. The number of nitrogens with zero attached hydrogens (tertiary/aromatic N) is 2. The van der Waals surface area contributed by atoms with Gasteiger partial charge in [-0.1, -0.05) is 59.0 Å². The number of carboxylic acids is 1. The van der Waals surface area contributed by atoms with Gasteiger partial charge in [0, 0.05) is 23.7 Å². The predicted molar refractivity (Wildman–Crippen MR) is 144 cm³/mol. The summed E-state index contributed by atoms with van der Waals surface area (Å²) >= 11 is 1.19. The van der Waals surface area contributed by atoms with Gasteiger partial charge in [0.05, 0.1) is 16.8 Å². The van der Waals surface area contributed by atoms with Gasteiger partial charge in [-0.3, -0.25) is 9.36 Å². The van der Waals surface area contributed by atoms with Gasteiger partial charge in [-0.15, -0.1) is 0 Å². The SMILES string of the molecule is CON=C(c1ccccc1)c1ccc2c(c1)sc(=O)n2CCCOc1cccc(OC(C)(C)C(=O)O)c1. The van der Waals surface area contributed by atoms with E-state index in [4.69, 9.17) is 14.3 Å². The Labute approximate surface area is 218 Å². The molecule has 0 aliphatic carbocycles. The van der Waals surface area contributed by atoms with E-state index in [1.807, 2.05) is 48.5 Å². The predicted octanol–water partition coefficient (Wildman–Crippen LogP) is 5.17. The average Bonchev–Trinajstić information content (AvgIpc) is 3.19. The number of thiazole rings is 1. The highest BCUT2D eigenvalue weighted by Gasteiger charge is 2.29. The lowest BCUT2D eigenvalue weighted by Crippen LogP contribution is -2.37. The van der Waals surface area contributed by atoms with Gasteiger partial charge in [0.25, 0.3) is 0 Å². The highest BCUT2D eigenvalue weighted by molar-refractivity contribution is 7.16. The van der Waals surface area contributed by atoms with Crippen molar-refractivity contribution in [3.63, 3.8) is 0 Å². The largest absolute Gasteiger partial charge is 0.493 e. The molecule has 0 unspecified atom stereocenters. The molecule has 0 saturated heterocycles. The van der Waals surface area contributed by atoms with Gasteiger partial charge >= 0.3 is 10.8 Å². The van der Waals surface area contributed by atoms with Crippen molar-refractivity contribution in [1.29, 1.82) is 0 Å². The number of hydrogen-bond donors (Lipinski definition) is 1. The quantitative estimate of drug-likeness (QED) is 0.166. The first-order chi connectivity index (χ1) is 17.8. The smallest absolute Gasteiger partial charge is 0.347 e. The third kappa shape index (κ3) is 6.18. The molecular weight excluding hydrogens is 492 g/mol. The number of carbonyl (C=O) groups is 1. The van der Waals surface area contributed by atoms with Crippen molar-refractivity contribution >= 4 is 33.2 Å². The lowest BCUT2D eigenvalue weighted by molar-refractivity contribution is -0.152. The second kappa shape index (κ2) is 11.3. The van der Waals surface area contributed by atoms with E-state index in [1.165, 1.54) is 32.3 Å². The molecule has 0 spiro atoms. The van der Waals surface area contributed by atoms with Crippen LogP contribution in [0.4, 0.5) is 0 Å². The van der Waals surface area contributed by atoms with Gasteiger partial charge in [0.2, 0.25) is 0 Å². The van der Waals surface area contributed by atoms with E-state index in [1.54, 1.807) is 28.8 Å². The van der Waals surface area contributed by atoms with Crippen LogP contribution in [0.1, 0.15) is 31.4 Å². The summed E-state index contributed by atoms with van der Waals surface area (Å²) < 4.78 is 14.0. The fourth-order valence-electron chi connectivity index (χ4n) is 3.76. The molecule has 1 heterocycles. The molecule has 9 heteroatoms. The summed E-state index contributed by atoms with van der Waals surface area (Å²) in [6.07, 6.45) is 0.611. The van der Waals surface area contributed by atoms with Crippen molar-refractivity contribution in [2.75, 3.05) is 13.7 Å². The molecule has 4 rings (SSSR count). The molecular formula is C28H28N2O6S. The molecule has 0 aliphatic rings. The number of aromatic nitrogens is 1. The van der Waals surface area contributed by atoms with Crippen LogP contribution < -0.4 is 14.3 Å². The summed E-state index contributed by atoms with van der Waals surface area (Å²) in [7, 11) is 1.51. The van der Waals surface area contributed by atoms with Crippen LogP contribution in [0.15, 0.2) is 82.7 Å². The van der Waals surface area contributed by atoms with E-state index in [9.17, 15) is 14.7 Å². The van der Waals surface area contributed by atoms with Gasteiger partial charge in [0.15, 0.2) is 5.60 Å². The Hall–Kier alpha value is -4.11. The van der Waals surface area contributed by atoms with Crippen molar-refractivity contribution in [2.24, 2.45) is 5.16 Å². The number of carboxylic acid groups (broad SMARTS) is 1. The van der Waals surface area contributed by atoms with Crippen LogP contribution in [-0.4, -0.2) is 40.7 Å². The van der Waals surface area contributed by atoms with E-state index < -0.39 is 11.6 Å². The van der Waals surface area contributed by atoms with Gasteiger partial charge in [0.1, 0.15) is 24.3 Å². The molecule has 0 aliphatic heterocycles. The second-order valence-corrected chi connectivity index (χ2v) is 9.78. The molecule has 0 fully saturated rings. The summed E-state index contributed by atoms with van der Waals surface area (Å²) in [5.41, 5.74) is 1.99. The zero-order valence-corrected chi connectivity index (χ0v) is 21.7. The minimum atomic E-state index is -1.35. The highest BCUT2D eigenvalue weighted by Crippen LogP contribution is 2.25. The third-order valence-electron chi connectivity index (χ3n) is 5.66. The number of oxime groups is 1. The molecule has 192 valence electrons. The first-order valence-electron chi connectivity index (χ1n) is 11.7. The average molecular weight is 521 g/mol. The fourth-order valence-corrected chi connectivity index (χ4v) is 4.72. The van der Waals surface area contributed by atoms with Crippen LogP contribution in [0, 0.1) is 0 Å². The maximum absolute atomic E-state index is 12.7. The topological polar surface area (TPSA) is 99.4 Å². The standard InChI is InChI=1S/C28H28N2O6S/c1-28(2,26(31)32)36-22-12-7-11-21(18-22)35-16-8-15-30-23-14-13-20(17-24(23)37-27(30)33)25(29-34-3)19-9-5-4-6-10-19/h4-7,9-14,17-18H,8,15-16H2,1-3H3,(H,31,32). The lowest BCUT2D eigenvalue weighted by atomic mass is 10.0. The van der Waals surface area contributed by atoms with E-state index >= 15 is 0 Å². The van der Waals surface area contributed by atoms with Crippen molar-refractivity contribution in [3.05, 3.63) is 93.6 Å². The van der Waals surface area contributed by atoms with E-state index in [2.05, 4.69) is 5.16 Å². The first-order valence-corrected chi connectivity index (χ1v) is 12.6. The molecule has 3 aromatic carbocycles. The zero-order chi connectivity index (χ0) is 26.4. The van der Waals surface area contributed by atoms with Crippen molar-refractivity contribution in [3.8, 4) is 11.5 Å². The normalized spacial score (nSPS) is 11.9. The first kappa shape index (κ1) is 26.0. The van der Waals surface area contributed by atoms with Crippen molar-refractivity contribution in [1.82, 2.24) is 4.57 Å². The van der Waals surface area contributed by atoms with Crippen molar-refractivity contribution < 1.29 is 24.2 Å². The van der Waals surface area contributed by atoms with Crippen LogP contribution in [0.25, 0.3) is 10.2 Å². The van der Waals surface area contributed by atoms with Gasteiger partial charge < -0.3 is 19.4 Å². The van der Waals surface area contributed by atoms with Gasteiger partial charge in [-0.2, -0.15) is 0 Å². The molecule has 0 saturated carbocycles. The maximum Gasteiger partial charge on any atom is 0.347 e. The number of fused-ring (bicyclic) bond motifs is 1. The minimum absolute atomic E-state index is 0.0385. The molecule has 4 aromatic rings. The van der Waals surface area contributed by atoms with Gasteiger partial charge in [-0.25, -0.2) is 4.79 Å². The van der Waals surface area contributed by atoms with Crippen LogP contribution in [0.3, 0.4) is 0 Å². The molecule has 1 aromatic heterocycles. The van der Waals surface area contributed by atoms with Crippen LogP contribution >= 0.6 is 11.3 Å². The number of aryl methyl sites for hydroxylation is 1. The highest BCUT2D eigenvalue weighted by atomic mass is 32.1. The van der Waals surface area contributed by atoms with E-state index in [0.717, 1.165) is 21.3 Å². The van der Waals surface area contributed by atoms with Crippen LogP contribution in [-0.2, 0) is 16.2 Å². The Morgan fingerprint density at radius 2 is 1.76 bits per heavy atom. The second-order valence-electron chi connectivity index (χ2n) is 8.79. The maximum atomic E-state index is 12.7. The number of hydrogen-bond acceptors (Lipinski definition) is 7. The molecule has 8 nitrogen and oxygen atoms in total. The Morgan fingerprint density at radius 3 is 2.49 bits per heavy atom. The number of rotatable bonds is 11. The summed E-state index contributed by atoms with van der Waals surface area (Å²) in [4.78, 5) is 29.1. The number of aliphatic carboxylic acids is 1. The third-order valence-corrected chi connectivity index (χ3v) is 6.60. The fraction of sp³-hybridized carbons (Fsp3) is 0.250. The summed E-state index contributed by atoms with van der Waals surface area (Å²) in [5.74, 6) is -0.0778. The van der Waals surface area contributed by atoms with Crippen molar-refractivity contribution in [2.45, 2.75) is 32.4 Å². The molecule has 37 heavy (non-hydrogen) atoms. The Morgan fingerprint density at radius 1 is 1.00 bits per heavy atom. The summed E-state index contributed by atoms with van der Waals surface area (Å²) in [6, 6.07) is 22.4. The number of ether oxygens (including phenoxy) is 2. The monoisotopic (exact) mass is 520 g/mol. The summed E-state index contributed by atoms with van der Waals surface area (Å²) in [5, 5.41) is 13.5. The Kier molecular flexibility index (Phi) is 7.93. The van der Waals surface area contributed by atoms with Crippen LogP contribution in [0.5, 0.6) is 11.5 Å². The molecule has 0 amide bonds. The van der Waals surface area contributed by atoms with Crippen LogP contribution in [0.2, 0.25) is 0 Å². The Balaban J connectivity index is 1.43. The number of benzene rings is 3. The molecule has 0 radical (unpaired) electrons. The van der Waals surface area contributed by atoms with Gasteiger partial charge in [-0.05, 0) is 44.5 Å².